The zero-order valence-corrected chi connectivity index (χ0v) is 12.8. The summed E-state index contributed by atoms with van der Waals surface area (Å²) in [5, 5.41) is 0.463. The van der Waals surface area contributed by atoms with Gasteiger partial charge in [0.05, 0.1) is 11.3 Å². The van der Waals surface area contributed by atoms with Gasteiger partial charge < -0.3 is 10.7 Å². The van der Waals surface area contributed by atoms with E-state index in [9.17, 15) is 9.59 Å². The van der Waals surface area contributed by atoms with Gasteiger partial charge in [-0.25, -0.2) is 0 Å². The van der Waals surface area contributed by atoms with Crippen molar-refractivity contribution in [2.24, 2.45) is 0 Å². The van der Waals surface area contributed by atoms with Crippen LogP contribution in [0.2, 0.25) is 5.02 Å². The third kappa shape index (κ3) is 3.03. The number of carbonyl (C=O) groups excluding carboxylic acids is 2. The molecule has 0 saturated heterocycles. The molecule has 1 aromatic heterocycles. The maximum Gasteiger partial charge on any atom is 0.209 e. The zero-order valence-electron chi connectivity index (χ0n) is 12.0. The molecule has 0 atom stereocenters. The lowest BCUT2D eigenvalue weighted by Gasteiger charge is -2.00. The van der Waals surface area contributed by atoms with Crippen LogP contribution in [0.4, 0.5) is 5.82 Å². The number of ketones is 2. The summed E-state index contributed by atoms with van der Waals surface area (Å²) in [4.78, 5) is 27.7. The Morgan fingerprint density at radius 3 is 2.26 bits per heavy atom. The number of hydrogen-bond acceptors (Lipinski definition) is 3. The van der Waals surface area contributed by atoms with Crippen molar-refractivity contribution < 1.29 is 9.59 Å². The number of benzene rings is 2. The van der Waals surface area contributed by atoms with Gasteiger partial charge in [0.2, 0.25) is 5.78 Å². The lowest BCUT2D eigenvalue weighted by atomic mass is 10.0. The van der Waals surface area contributed by atoms with Crippen LogP contribution in [0.15, 0.2) is 60.7 Å². The quantitative estimate of drug-likeness (QED) is 0.718. The highest BCUT2D eigenvalue weighted by atomic mass is 35.5. The van der Waals surface area contributed by atoms with Gasteiger partial charge in [-0.15, -0.1) is 0 Å². The molecule has 0 unspecified atom stereocenters. The van der Waals surface area contributed by atoms with Crippen molar-refractivity contribution in [2.75, 3.05) is 5.73 Å². The van der Waals surface area contributed by atoms with E-state index in [1.165, 1.54) is 6.07 Å². The van der Waals surface area contributed by atoms with Crippen LogP contribution in [0.1, 0.15) is 32.0 Å². The Kier molecular flexibility index (Phi) is 4.00. The third-order valence-electron chi connectivity index (χ3n) is 3.46. The molecule has 2 aromatic carbocycles. The molecule has 0 radical (unpaired) electrons. The fourth-order valence-corrected chi connectivity index (χ4v) is 2.50. The number of hydrogen-bond donors (Lipinski definition) is 2. The topological polar surface area (TPSA) is 76.0 Å². The molecule has 3 rings (SSSR count). The summed E-state index contributed by atoms with van der Waals surface area (Å²) in [5.41, 5.74) is 7.35. The molecule has 0 aliphatic heterocycles. The minimum absolute atomic E-state index is 0.161. The SMILES string of the molecule is Nc1[nH]c(C(=O)c2ccccc2)cc1C(=O)c1cccc(Cl)c1. The first-order chi connectivity index (χ1) is 11.1. The first-order valence-corrected chi connectivity index (χ1v) is 7.32. The van der Waals surface area contributed by atoms with Crippen molar-refractivity contribution in [3.05, 3.63) is 88.1 Å². The second-order valence-corrected chi connectivity index (χ2v) is 5.48. The summed E-state index contributed by atoms with van der Waals surface area (Å²) in [7, 11) is 0. The molecule has 0 aliphatic rings. The van der Waals surface area contributed by atoms with Crippen LogP contribution in [-0.4, -0.2) is 16.6 Å². The molecule has 3 N–H and O–H groups in total. The van der Waals surface area contributed by atoms with Gasteiger partial charge in [0, 0.05) is 16.1 Å². The second-order valence-electron chi connectivity index (χ2n) is 5.04. The number of carbonyl (C=O) groups is 2. The lowest BCUT2D eigenvalue weighted by Crippen LogP contribution is -2.03. The number of halogens is 1. The van der Waals surface area contributed by atoms with Crippen molar-refractivity contribution in [2.45, 2.75) is 0 Å². The van der Waals surface area contributed by atoms with Crippen LogP contribution in [0.25, 0.3) is 0 Å². The first-order valence-electron chi connectivity index (χ1n) is 6.95. The largest absolute Gasteiger partial charge is 0.385 e. The Morgan fingerprint density at radius 1 is 0.870 bits per heavy atom. The highest BCUT2D eigenvalue weighted by molar-refractivity contribution is 6.31. The number of rotatable bonds is 4. The number of aromatic nitrogens is 1. The number of anilines is 1. The molecule has 4 nitrogen and oxygen atoms in total. The predicted molar refractivity (Wildman–Crippen MR) is 90.0 cm³/mol. The van der Waals surface area contributed by atoms with E-state index in [0.29, 0.717) is 16.1 Å². The molecule has 3 aromatic rings. The van der Waals surface area contributed by atoms with Gasteiger partial charge in [-0.05, 0) is 18.2 Å². The summed E-state index contributed by atoms with van der Waals surface area (Å²) < 4.78 is 0. The smallest absolute Gasteiger partial charge is 0.209 e. The fraction of sp³-hybridized carbons (Fsp3) is 0. The van der Waals surface area contributed by atoms with E-state index in [2.05, 4.69) is 4.98 Å². The standard InChI is InChI=1S/C18H13ClN2O2/c19-13-8-4-7-12(9-13)16(22)14-10-15(21-18(14)20)17(23)11-5-2-1-3-6-11/h1-10,21H,20H2. The maximum atomic E-state index is 12.5. The highest BCUT2D eigenvalue weighted by Crippen LogP contribution is 2.21. The maximum absolute atomic E-state index is 12.5. The number of aromatic amines is 1. The minimum Gasteiger partial charge on any atom is -0.385 e. The van der Waals surface area contributed by atoms with Gasteiger partial charge in [-0.3, -0.25) is 9.59 Å². The molecule has 1 heterocycles. The third-order valence-corrected chi connectivity index (χ3v) is 3.70. The van der Waals surface area contributed by atoms with Crippen LogP contribution in [0.5, 0.6) is 0 Å². The van der Waals surface area contributed by atoms with E-state index in [4.69, 9.17) is 17.3 Å². The average Bonchev–Trinajstić information content (AvgIpc) is 2.96. The Labute approximate surface area is 137 Å². The molecule has 0 aliphatic carbocycles. The Hall–Kier alpha value is -2.85. The fourth-order valence-electron chi connectivity index (χ4n) is 2.31. The average molecular weight is 325 g/mol. The van der Waals surface area contributed by atoms with Gasteiger partial charge in [0.25, 0.3) is 0 Å². The van der Waals surface area contributed by atoms with Gasteiger partial charge in [0.1, 0.15) is 5.82 Å². The zero-order chi connectivity index (χ0) is 16.4. The van der Waals surface area contributed by atoms with E-state index in [1.54, 1.807) is 48.5 Å². The summed E-state index contributed by atoms with van der Waals surface area (Å²) in [6.45, 7) is 0. The van der Waals surface area contributed by atoms with E-state index in [-0.39, 0.29) is 28.6 Å². The Bertz CT molecular complexity index is 885. The Balaban J connectivity index is 1.95. The molecule has 23 heavy (non-hydrogen) atoms. The van der Waals surface area contributed by atoms with Gasteiger partial charge in [-0.1, -0.05) is 54.1 Å². The predicted octanol–water partition coefficient (Wildman–Crippen LogP) is 3.71. The van der Waals surface area contributed by atoms with E-state index in [0.717, 1.165) is 0 Å². The molecule has 5 heteroatoms. The van der Waals surface area contributed by atoms with Crippen LogP contribution in [-0.2, 0) is 0 Å². The van der Waals surface area contributed by atoms with Crippen molar-refractivity contribution in [1.29, 1.82) is 0 Å². The van der Waals surface area contributed by atoms with Crippen molar-refractivity contribution >= 4 is 29.0 Å². The van der Waals surface area contributed by atoms with Gasteiger partial charge >= 0.3 is 0 Å². The van der Waals surface area contributed by atoms with Gasteiger partial charge in [0.15, 0.2) is 5.78 Å². The van der Waals surface area contributed by atoms with E-state index < -0.39 is 0 Å². The molecule has 0 fully saturated rings. The minimum atomic E-state index is -0.284. The van der Waals surface area contributed by atoms with Crippen molar-refractivity contribution in [1.82, 2.24) is 4.98 Å². The van der Waals surface area contributed by atoms with Crippen molar-refractivity contribution in [3.8, 4) is 0 Å². The number of nitrogens with one attached hydrogen (secondary N) is 1. The summed E-state index contributed by atoms with van der Waals surface area (Å²) in [6, 6.07) is 16.9. The lowest BCUT2D eigenvalue weighted by molar-refractivity contribution is 0.103. The molecular formula is C18H13ClN2O2. The van der Waals surface area contributed by atoms with Crippen molar-refractivity contribution in [3.63, 3.8) is 0 Å². The molecule has 0 bridgehead atoms. The summed E-state index contributed by atoms with van der Waals surface area (Å²) >= 11 is 5.91. The second kappa shape index (κ2) is 6.10. The van der Waals surface area contributed by atoms with E-state index in [1.807, 2.05) is 6.07 Å². The summed E-state index contributed by atoms with van der Waals surface area (Å²) in [5.74, 6) is -0.343. The molecule has 114 valence electrons. The molecule has 0 amide bonds. The first kappa shape index (κ1) is 15.1. The molecular weight excluding hydrogens is 312 g/mol. The van der Waals surface area contributed by atoms with E-state index >= 15 is 0 Å². The molecule has 0 spiro atoms. The Morgan fingerprint density at radius 2 is 1.57 bits per heavy atom. The number of nitrogens with two attached hydrogens (primary N) is 1. The van der Waals surface area contributed by atoms with Crippen LogP contribution in [0, 0.1) is 0 Å². The number of nitrogen functional groups attached to an aromatic ring is 1. The van der Waals surface area contributed by atoms with Crippen LogP contribution in [0.3, 0.4) is 0 Å². The monoisotopic (exact) mass is 324 g/mol. The summed E-state index contributed by atoms with van der Waals surface area (Å²) in [6.07, 6.45) is 0. The normalized spacial score (nSPS) is 10.5. The highest BCUT2D eigenvalue weighted by Gasteiger charge is 2.19. The van der Waals surface area contributed by atoms with Crippen LogP contribution >= 0.6 is 11.6 Å². The number of H-pyrrole nitrogens is 1. The van der Waals surface area contributed by atoms with Gasteiger partial charge in [-0.2, -0.15) is 0 Å². The van der Waals surface area contributed by atoms with Crippen LogP contribution < -0.4 is 5.73 Å². The molecule has 0 saturated carbocycles.